The summed E-state index contributed by atoms with van der Waals surface area (Å²) in [5.41, 5.74) is 1.28. The summed E-state index contributed by atoms with van der Waals surface area (Å²) >= 11 is 1.46. The molecular weight excluding hydrogens is 422 g/mol. The van der Waals surface area contributed by atoms with Crippen molar-refractivity contribution in [3.8, 4) is 0 Å². The lowest BCUT2D eigenvalue weighted by Crippen LogP contribution is -2.34. The van der Waals surface area contributed by atoms with Crippen LogP contribution < -0.4 is 15.4 Å². The lowest BCUT2D eigenvalue weighted by molar-refractivity contribution is -0.121. The van der Waals surface area contributed by atoms with Crippen molar-refractivity contribution >= 4 is 50.6 Å². The molecule has 2 aromatic carbocycles. The zero-order valence-electron chi connectivity index (χ0n) is 15.6. The van der Waals surface area contributed by atoms with Gasteiger partial charge in [-0.25, -0.2) is 18.5 Å². The van der Waals surface area contributed by atoms with E-state index in [4.69, 9.17) is 5.14 Å². The van der Waals surface area contributed by atoms with Gasteiger partial charge < -0.3 is 5.32 Å². The van der Waals surface area contributed by atoms with Crippen LogP contribution in [0.2, 0.25) is 0 Å². The van der Waals surface area contributed by atoms with Gasteiger partial charge in [-0.2, -0.15) is 0 Å². The van der Waals surface area contributed by atoms with Crippen molar-refractivity contribution in [2.45, 2.75) is 10.9 Å². The first kappa shape index (κ1) is 20.0. The number of thiophene rings is 1. The smallest absolute Gasteiger partial charge is 0.263 e. The highest BCUT2D eigenvalue weighted by Crippen LogP contribution is 2.30. The van der Waals surface area contributed by atoms with Gasteiger partial charge in [0.05, 0.1) is 16.2 Å². The average Bonchev–Trinajstić information content (AvgIpc) is 3.31. The van der Waals surface area contributed by atoms with Gasteiger partial charge in [0.15, 0.2) is 0 Å². The minimum absolute atomic E-state index is 0.0397. The number of nitrogens with zero attached hydrogens (tertiary/aromatic N) is 1. The highest BCUT2D eigenvalue weighted by Gasteiger charge is 2.44. The van der Waals surface area contributed by atoms with E-state index in [0.29, 0.717) is 16.9 Å². The second-order valence-corrected chi connectivity index (χ2v) is 9.12. The number of carbonyl (C=O) groups excluding carboxylic acids is 2. The van der Waals surface area contributed by atoms with Gasteiger partial charge in [-0.05, 0) is 53.9 Å². The van der Waals surface area contributed by atoms with Crippen LogP contribution >= 0.6 is 11.3 Å². The standard InChI is InChI=1S/C21H17N3O4S2/c22-30(27,28)17-10-8-14(9-11-17)23-19-18(13-16-7-4-12-29-16)20(25)24(21(19)26)15-5-2-1-3-6-15/h1-13,19,23H,(H2,22,27,28). The number of nitrogens with one attached hydrogen (secondary N) is 1. The Labute approximate surface area is 177 Å². The van der Waals surface area contributed by atoms with Crippen molar-refractivity contribution in [1.29, 1.82) is 0 Å². The van der Waals surface area contributed by atoms with Crippen LogP contribution in [0, 0.1) is 0 Å². The van der Waals surface area contributed by atoms with Gasteiger partial charge in [0.25, 0.3) is 11.8 Å². The number of sulfonamides is 1. The average molecular weight is 440 g/mol. The number of para-hydroxylation sites is 1. The monoisotopic (exact) mass is 439 g/mol. The van der Waals surface area contributed by atoms with Crippen LogP contribution in [-0.4, -0.2) is 26.3 Å². The summed E-state index contributed by atoms with van der Waals surface area (Å²) in [6, 6.07) is 17.2. The molecule has 1 aliphatic heterocycles. The summed E-state index contributed by atoms with van der Waals surface area (Å²) in [4.78, 5) is 28.3. The van der Waals surface area contributed by atoms with Crippen LogP contribution in [0.1, 0.15) is 4.88 Å². The number of amides is 2. The molecule has 0 saturated carbocycles. The molecule has 30 heavy (non-hydrogen) atoms. The predicted octanol–water partition coefficient (Wildman–Crippen LogP) is 2.83. The molecule has 0 radical (unpaired) electrons. The molecule has 0 spiro atoms. The third kappa shape index (κ3) is 3.90. The number of hydrogen-bond acceptors (Lipinski definition) is 6. The number of benzene rings is 2. The molecule has 1 fully saturated rings. The fourth-order valence-electron chi connectivity index (χ4n) is 3.16. The van der Waals surface area contributed by atoms with Gasteiger partial charge in [-0.1, -0.05) is 24.3 Å². The maximum Gasteiger partial charge on any atom is 0.263 e. The third-order valence-electron chi connectivity index (χ3n) is 4.58. The molecule has 1 aliphatic rings. The Bertz CT molecular complexity index is 1220. The molecule has 9 heteroatoms. The van der Waals surface area contributed by atoms with Crippen molar-refractivity contribution < 1.29 is 18.0 Å². The molecule has 152 valence electrons. The summed E-state index contributed by atoms with van der Waals surface area (Å²) in [5.74, 6) is -0.817. The molecule has 4 rings (SSSR count). The molecule has 0 bridgehead atoms. The maximum absolute atomic E-state index is 13.2. The first-order valence-electron chi connectivity index (χ1n) is 8.92. The molecule has 0 aliphatic carbocycles. The number of imide groups is 1. The number of hydrogen-bond donors (Lipinski definition) is 2. The van der Waals surface area contributed by atoms with Crippen LogP contribution in [0.5, 0.6) is 0 Å². The third-order valence-corrected chi connectivity index (χ3v) is 6.33. The van der Waals surface area contributed by atoms with Crippen LogP contribution in [0.4, 0.5) is 11.4 Å². The summed E-state index contributed by atoms with van der Waals surface area (Å²) in [6.45, 7) is 0. The zero-order chi connectivity index (χ0) is 21.3. The SMILES string of the molecule is NS(=O)(=O)c1ccc(NC2C(=O)N(c3ccccc3)C(=O)C2=Cc2cccs2)cc1. The molecule has 3 aromatic rings. The van der Waals surface area contributed by atoms with E-state index in [-0.39, 0.29) is 4.90 Å². The first-order valence-corrected chi connectivity index (χ1v) is 11.3. The van der Waals surface area contributed by atoms with Gasteiger partial charge in [0, 0.05) is 10.6 Å². The van der Waals surface area contributed by atoms with E-state index in [2.05, 4.69) is 5.32 Å². The van der Waals surface area contributed by atoms with Crippen LogP contribution in [0.25, 0.3) is 6.08 Å². The van der Waals surface area contributed by atoms with E-state index in [1.54, 1.807) is 36.4 Å². The number of primary sulfonamides is 1. The molecule has 1 saturated heterocycles. The van der Waals surface area contributed by atoms with Crippen molar-refractivity contribution in [3.63, 3.8) is 0 Å². The molecule has 3 N–H and O–H groups in total. The maximum atomic E-state index is 13.2. The molecule has 1 atom stereocenters. The van der Waals surface area contributed by atoms with E-state index in [0.717, 1.165) is 9.78 Å². The molecule has 7 nitrogen and oxygen atoms in total. The highest BCUT2D eigenvalue weighted by atomic mass is 32.2. The summed E-state index contributed by atoms with van der Waals surface area (Å²) in [5, 5.41) is 10.1. The van der Waals surface area contributed by atoms with Crippen molar-refractivity contribution in [3.05, 3.63) is 82.6 Å². The van der Waals surface area contributed by atoms with Crippen LogP contribution in [0.15, 0.2) is 82.6 Å². The quantitative estimate of drug-likeness (QED) is 0.469. The largest absolute Gasteiger partial charge is 0.370 e. The number of carbonyl (C=O) groups is 2. The Morgan fingerprint density at radius 1 is 0.967 bits per heavy atom. The first-order chi connectivity index (χ1) is 14.3. The van der Waals surface area contributed by atoms with Crippen molar-refractivity contribution in [1.82, 2.24) is 0 Å². The van der Waals surface area contributed by atoms with Crippen LogP contribution in [-0.2, 0) is 19.6 Å². The Kier molecular flexibility index (Phi) is 5.25. The number of rotatable bonds is 5. The van der Waals surface area contributed by atoms with Gasteiger partial charge in [-0.3, -0.25) is 9.59 Å². The Morgan fingerprint density at radius 3 is 2.27 bits per heavy atom. The Hall–Kier alpha value is -3.27. The molecule has 2 amide bonds. The normalized spacial score (nSPS) is 18.2. The molecule has 1 unspecified atom stereocenters. The number of nitrogens with two attached hydrogens (primary N) is 1. The summed E-state index contributed by atoms with van der Waals surface area (Å²) in [7, 11) is -3.82. The highest BCUT2D eigenvalue weighted by molar-refractivity contribution is 7.89. The van der Waals surface area contributed by atoms with Gasteiger partial charge >= 0.3 is 0 Å². The van der Waals surface area contributed by atoms with Gasteiger partial charge in [0.1, 0.15) is 6.04 Å². The predicted molar refractivity (Wildman–Crippen MR) is 116 cm³/mol. The van der Waals surface area contributed by atoms with Gasteiger partial charge in [-0.15, -0.1) is 11.3 Å². The van der Waals surface area contributed by atoms with E-state index < -0.39 is 27.9 Å². The lowest BCUT2D eigenvalue weighted by Gasteiger charge is -2.15. The fraction of sp³-hybridized carbons (Fsp3) is 0.0476. The number of anilines is 2. The summed E-state index contributed by atoms with van der Waals surface area (Å²) in [6.07, 6.45) is 1.70. The van der Waals surface area contributed by atoms with Crippen LogP contribution in [0.3, 0.4) is 0 Å². The van der Waals surface area contributed by atoms with Crippen molar-refractivity contribution in [2.24, 2.45) is 5.14 Å². The topological polar surface area (TPSA) is 110 Å². The van der Waals surface area contributed by atoms with Gasteiger partial charge in [0.2, 0.25) is 10.0 Å². The van der Waals surface area contributed by atoms with E-state index in [1.165, 1.54) is 35.6 Å². The Balaban J connectivity index is 1.71. The van der Waals surface area contributed by atoms with E-state index >= 15 is 0 Å². The second kappa shape index (κ2) is 7.86. The second-order valence-electron chi connectivity index (χ2n) is 6.58. The molecule has 1 aromatic heterocycles. The fourth-order valence-corrected chi connectivity index (χ4v) is 4.34. The summed E-state index contributed by atoms with van der Waals surface area (Å²) < 4.78 is 22.9. The minimum atomic E-state index is -3.82. The molecular formula is C21H17N3O4S2. The Morgan fingerprint density at radius 2 is 1.67 bits per heavy atom. The van der Waals surface area contributed by atoms with E-state index in [1.807, 2.05) is 17.5 Å². The lowest BCUT2D eigenvalue weighted by atomic mass is 10.1. The minimum Gasteiger partial charge on any atom is -0.370 e. The van der Waals surface area contributed by atoms with E-state index in [9.17, 15) is 18.0 Å². The molecule has 2 heterocycles. The zero-order valence-corrected chi connectivity index (χ0v) is 17.2. The van der Waals surface area contributed by atoms with Crippen molar-refractivity contribution in [2.75, 3.05) is 10.2 Å².